The van der Waals surface area contributed by atoms with Gasteiger partial charge >= 0.3 is 0 Å². The maximum Gasteiger partial charge on any atom is 0.0214 e. The van der Waals surface area contributed by atoms with Crippen molar-refractivity contribution in [1.82, 2.24) is 4.90 Å². The SMILES string of the molecule is C#CCCN1CCC(C)(CC)CC1. The number of terminal acetylenes is 1. The lowest BCUT2D eigenvalue weighted by Gasteiger charge is -2.38. The number of nitrogens with zero attached hydrogens (tertiary/aromatic N) is 1. The predicted octanol–water partition coefficient (Wildman–Crippen LogP) is 2.52. The highest BCUT2D eigenvalue weighted by atomic mass is 15.1. The molecule has 74 valence electrons. The van der Waals surface area contributed by atoms with Crippen LogP contribution >= 0.6 is 0 Å². The van der Waals surface area contributed by atoms with E-state index in [-0.39, 0.29) is 0 Å². The fourth-order valence-corrected chi connectivity index (χ4v) is 1.89. The summed E-state index contributed by atoms with van der Waals surface area (Å²) in [7, 11) is 0. The molecule has 0 spiro atoms. The van der Waals surface area contributed by atoms with E-state index in [1.165, 1.54) is 32.4 Å². The van der Waals surface area contributed by atoms with Gasteiger partial charge in [-0.2, -0.15) is 0 Å². The van der Waals surface area contributed by atoms with E-state index < -0.39 is 0 Å². The zero-order chi connectivity index (χ0) is 9.73. The normalized spacial score (nSPS) is 22.5. The summed E-state index contributed by atoms with van der Waals surface area (Å²) in [6.45, 7) is 8.29. The molecular weight excluding hydrogens is 158 g/mol. The van der Waals surface area contributed by atoms with Crippen molar-refractivity contribution in [1.29, 1.82) is 0 Å². The Balaban J connectivity index is 2.27. The molecule has 0 atom stereocenters. The average Bonchev–Trinajstić information content (AvgIpc) is 2.17. The minimum atomic E-state index is 0.604. The van der Waals surface area contributed by atoms with Gasteiger partial charge in [-0.15, -0.1) is 12.3 Å². The van der Waals surface area contributed by atoms with E-state index in [0.717, 1.165) is 13.0 Å². The summed E-state index contributed by atoms with van der Waals surface area (Å²) in [5.41, 5.74) is 0.604. The lowest BCUT2D eigenvalue weighted by atomic mass is 9.78. The fourth-order valence-electron chi connectivity index (χ4n) is 1.89. The summed E-state index contributed by atoms with van der Waals surface area (Å²) in [5, 5.41) is 0. The maximum atomic E-state index is 5.25. The Kier molecular flexibility index (Phi) is 3.81. The molecule has 1 aliphatic rings. The largest absolute Gasteiger partial charge is 0.302 e. The number of piperidine rings is 1. The number of hydrogen-bond donors (Lipinski definition) is 0. The van der Waals surface area contributed by atoms with Crippen molar-refractivity contribution in [2.24, 2.45) is 5.41 Å². The molecule has 0 aliphatic carbocycles. The first kappa shape index (κ1) is 10.6. The lowest BCUT2D eigenvalue weighted by Crippen LogP contribution is -2.38. The Labute approximate surface area is 82.5 Å². The highest BCUT2D eigenvalue weighted by Crippen LogP contribution is 2.33. The predicted molar refractivity (Wildman–Crippen MR) is 57.5 cm³/mol. The number of hydrogen-bond acceptors (Lipinski definition) is 1. The Bertz CT molecular complexity index is 182. The van der Waals surface area contributed by atoms with E-state index in [1.54, 1.807) is 0 Å². The zero-order valence-electron chi connectivity index (χ0n) is 8.97. The van der Waals surface area contributed by atoms with Crippen molar-refractivity contribution in [2.45, 2.75) is 39.5 Å². The van der Waals surface area contributed by atoms with Crippen LogP contribution in [0.4, 0.5) is 0 Å². The smallest absolute Gasteiger partial charge is 0.0214 e. The Hall–Kier alpha value is -0.480. The second-order valence-corrected chi connectivity index (χ2v) is 4.46. The summed E-state index contributed by atoms with van der Waals surface area (Å²) in [6, 6.07) is 0. The molecule has 0 unspecified atom stereocenters. The van der Waals surface area contributed by atoms with Crippen LogP contribution in [0.25, 0.3) is 0 Å². The molecular formula is C12H21N. The van der Waals surface area contributed by atoms with E-state index in [9.17, 15) is 0 Å². The van der Waals surface area contributed by atoms with Gasteiger partial charge in [0, 0.05) is 13.0 Å². The van der Waals surface area contributed by atoms with Gasteiger partial charge in [-0.05, 0) is 31.3 Å². The standard InChI is InChI=1S/C12H21N/c1-4-6-9-13-10-7-12(3,5-2)8-11-13/h1H,5-11H2,2-3H3. The van der Waals surface area contributed by atoms with E-state index in [2.05, 4.69) is 24.7 Å². The molecule has 0 N–H and O–H groups in total. The molecule has 1 fully saturated rings. The molecule has 0 aromatic rings. The highest BCUT2D eigenvalue weighted by molar-refractivity contribution is 4.87. The van der Waals surface area contributed by atoms with Crippen molar-refractivity contribution < 1.29 is 0 Å². The molecule has 1 heterocycles. The topological polar surface area (TPSA) is 3.24 Å². The van der Waals surface area contributed by atoms with Crippen LogP contribution in [-0.2, 0) is 0 Å². The minimum absolute atomic E-state index is 0.604. The first-order valence-electron chi connectivity index (χ1n) is 5.36. The van der Waals surface area contributed by atoms with Crippen LogP contribution in [0.15, 0.2) is 0 Å². The third-order valence-corrected chi connectivity index (χ3v) is 3.49. The molecule has 1 aliphatic heterocycles. The van der Waals surface area contributed by atoms with Crippen LogP contribution < -0.4 is 0 Å². The molecule has 0 bridgehead atoms. The van der Waals surface area contributed by atoms with Crippen molar-refractivity contribution in [3.63, 3.8) is 0 Å². The van der Waals surface area contributed by atoms with E-state index >= 15 is 0 Å². The zero-order valence-corrected chi connectivity index (χ0v) is 8.97. The lowest BCUT2D eigenvalue weighted by molar-refractivity contribution is 0.117. The van der Waals surface area contributed by atoms with Crippen LogP contribution in [0.2, 0.25) is 0 Å². The molecule has 13 heavy (non-hydrogen) atoms. The Morgan fingerprint density at radius 1 is 1.38 bits per heavy atom. The molecule has 0 saturated carbocycles. The first-order chi connectivity index (χ1) is 6.20. The van der Waals surface area contributed by atoms with E-state index in [4.69, 9.17) is 6.42 Å². The molecule has 0 aromatic carbocycles. The summed E-state index contributed by atoms with van der Waals surface area (Å²) in [4.78, 5) is 2.50. The van der Waals surface area contributed by atoms with Gasteiger partial charge in [0.05, 0.1) is 0 Å². The van der Waals surface area contributed by atoms with Crippen molar-refractivity contribution in [3.05, 3.63) is 0 Å². The molecule has 1 saturated heterocycles. The monoisotopic (exact) mass is 179 g/mol. The fraction of sp³-hybridized carbons (Fsp3) is 0.833. The average molecular weight is 179 g/mol. The third kappa shape index (κ3) is 3.04. The second-order valence-electron chi connectivity index (χ2n) is 4.46. The first-order valence-corrected chi connectivity index (χ1v) is 5.36. The molecule has 1 rings (SSSR count). The maximum absolute atomic E-state index is 5.25. The van der Waals surface area contributed by atoms with Gasteiger partial charge in [-0.3, -0.25) is 0 Å². The van der Waals surface area contributed by atoms with Crippen molar-refractivity contribution >= 4 is 0 Å². The third-order valence-electron chi connectivity index (χ3n) is 3.49. The molecule has 0 aromatic heterocycles. The summed E-state index contributed by atoms with van der Waals surface area (Å²) >= 11 is 0. The second kappa shape index (κ2) is 4.67. The van der Waals surface area contributed by atoms with Gasteiger partial charge in [-0.1, -0.05) is 20.3 Å². The van der Waals surface area contributed by atoms with Crippen LogP contribution in [0.5, 0.6) is 0 Å². The summed E-state index contributed by atoms with van der Waals surface area (Å²) in [6.07, 6.45) is 10.2. The quantitative estimate of drug-likeness (QED) is 0.602. The molecule has 0 radical (unpaired) electrons. The van der Waals surface area contributed by atoms with Crippen LogP contribution in [-0.4, -0.2) is 24.5 Å². The van der Waals surface area contributed by atoms with Gasteiger partial charge in [0.15, 0.2) is 0 Å². The summed E-state index contributed by atoms with van der Waals surface area (Å²) < 4.78 is 0. The van der Waals surface area contributed by atoms with Crippen LogP contribution in [0.1, 0.15) is 39.5 Å². The number of likely N-dealkylation sites (tertiary alicyclic amines) is 1. The van der Waals surface area contributed by atoms with Crippen molar-refractivity contribution in [3.8, 4) is 12.3 Å². The van der Waals surface area contributed by atoms with Crippen molar-refractivity contribution in [2.75, 3.05) is 19.6 Å². The van der Waals surface area contributed by atoms with Gasteiger partial charge in [0.2, 0.25) is 0 Å². The molecule has 1 heteroatoms. The molecule has 0 amide bonds. The Morgan fingerprint density at radius 2 is 2.00 bits per heavy atom. The van der Waals surface area contributed by atoms with Gasteiger partial charge < -0.3 is 4.90 Å². The van der Waals surface area contributed by atoms with Gasteiger partial charge in [0.25, 0.3) is 0 Å². The summed E-state index contributed by atoms with van der Waals surface area (Å²) in [5.74, 6) is 2.71. The highest BCUT2D eigenvalue weighted by Gasteiger charge is 2.27. The van der Waals surface area contributed by atoms with E-state index in [0.29, 0.717) is 5.41 Å². The number of rotatable bonds is 3. The van der Waals surface area contributed by atoms with Gasteiger partial charge in [-0.25, -0.2) is 0 Å². The Morgan fingerprint density at radius 3 is 2.46 bits per heavy atom. The molecule has 1 nitrogen and oxygen atoms in total. The van der Waals surface area contributed by atoms with E-state index in [1.807, 2.05) is 0 Å². The minimum Gasteiger partial charge on any atom is -0.302 e. The van der Waals surface area contributed by atoms with Crippen LogP contribution in [0, 0.1) is 17.8 Å². The van der Waals surface area contributed by atoms with Gasteiger partial charge in [0.1, 0.15) is 0 Å². The van der Waals surface area contributed by atoms with Crippen LogP contribution in [0.3, 0.4) is 0 Å².